The number of hydrogen-bond donors (Lipinski definition) is 0. The van der Waals surface area contributed by atoms with Crippen molar-refractivity contribution < 1.29 is 14.3 Å². The summed E-state index contributed by atoms with van der Waals surface area (Å²) in [5, 5.41) is 0. The molecule has 0 atom stereocenters. The van der Waals surface area contributed by atoms with Crippen molar-refractivity contribution >= 4 is 17.3 Å². The third-order valence-electron chi connectivity index (χ3n) is 3.02. The van der Waals surface area contributed by atoms with Gasteiger partial charge in [-0.05, 0) is 30.5 Å². The average Bonchev–Trinajstić information content (AvgIpc) is 2.40. The van der Waals surface area contributed by atoms with E-state index in [2.05, 4.69) is 9.72 Å². The number of rotatable bonds is 3. The number of nitrogens with zero attached hydrogens (tertiary/aromatic N) is 1. The number of carbonyl (C=O) groups is 2. The number of ether oxygens (including phenoxy) is 1. The van der Waals surface area contributed by atoms with E-state index in [0.29, 0.717) is 17.7 Å². The first-order valence-electron chi connectivity index (χ1n) is 5.96. The Hall–Kier alpha value is -1.97. The summed E-state index contributed by atoms with van der Waals surface area (Å²) in [6.45, 7) is 0. The van der Waals surface area contributed by atoms with Crippen LogP contribution in [0.2, 0.25) is 0 Å². The Morgan fingerprint density at radius 2 is 2.22 bits per heavy atom. The predicted octanol–water partition coefficient (Wildman–Crippen LogP) is 2.15. The van der Waals surface area contributed by atoms with Crippen molar-refractivity contribution in [1.82, 2.24) is 4.98 Å². The molecule has 94 valence electrons. The van der Waals surface area contributed by atoms with Crippen molar-refractivity contribution in [3.8, 4) is 0 Å². The lowest BCUT2D eigenvalue weighted by molar-refractivity contribution is -0.139. The van der Waals surface area contributed by atoms with Crippen LogP contribution in [-0.4, -0.2) is 23.8 Å². The predicted molar refractivity (Wildman–Crippen MR) is 66.6 cm³/mol. The van der Waals surface area contributed by atoms with Crippen LogP contribution in [0.4, 0.5) is 0 Å². The molecular weight excluding hydrogens is 230 g/mol. The Bertz CT molecular complexity index is 491. The zero-order valence-electron chi connectivity index (χ0n) is 10.3. The van der Waals surface area contributed by atoms with E-state index in [1.54, 1.807) is 18.3 Å². The summed E-state index contributed by atoms with van der Waals surface area (Å²) in [6.07, 6.45) is 3.90. The summed E-state index contributed by atoms with van der Waals surface area (Å²) < 4.78 is 4.67. The third kappa shape index (κ3) is 2.64. The molecule has 0 saturated heterocycles. The zero-order valence-corrected chi connectivity index (χ0v) is 10.3. The van der Waals surface area contributed by atoms with Gasteiger partial charge in [-0.15, -0.1) is 0 Å². The van der Waals surface area contributed by atoms with E-state index >= 15 is 0 Å². The molecule has 0 spiro atoms. The van der Waals surface area contributed by atoms with Crippen molar-refractivity contribution in [3.63, 3.8) is 0 Å². The summed E-state index contributed by atoms with van der Waals surface area (Å²) in [7, 11) is 1.36. The number of ketones is 1. The fraction of sp³-hybridized carbons (Fsp3) is 0.357. The van der Waals surface area contributed by atoms with Crippen molar-refractivity contribution in [2.24, 2.45) is 0 Å². The summed E-state index contributed by atoms with van der Waals surface area (Å²) in [6, 6.07) is 5.44. The van der Waals surface area contributed by atoms with E-state index in [0.717, 1.165) is 18.4 Å². The molecule has 2 rings (SSSR count). The average molecular weight is 245 g/mol. The molecule has 1 aromatic heterocycles. The quantitative estimate of drug-likeness (QED) is 0.766. The number of carbonyl (C=O) groups excluding carboxylic acids is 2. The summed E-state index contributed by atoms with van der Waals surface area (Å²) in [5.74, 6) is -0.244. The number of aromatic nitrogens is 1. The van der Waals surface area contributed by atoms with Gasteiger partial charge in [0.2, 0.25) is 0 Å². The van der Waals surface area contributed by atoms with Crippen LogP contribution in [0.5, 0.6) is 0 Å². The molecule has 0 N–H and O–H groups in total. The first-order chi connectivity index (χ1) is 8.72. The van der Waals surface area contributed by atoms with E-state index in [1.807, 2.05) is 6.07 Å². The highest BCUT2D eigenvalue weighted by atomic mass is 16.5. The highest BCUT2D eigenvalue weighted by Gasteiger charge is 2.24. The van der Waals surface area contributed by atoms with Crippen LogP contribution in [0, 0.1) is 0 Å². The Balaban J connectivity index is 2.40. The maximum absolute atomic E-state index is 12.0. The Morgan fingerprint density at radius 1 is 1.39 bits per heavy atom. The minimum Gasteiger partial charge on any atom is -0.469 e. The van der Waals surface area contributed by atoms with Gasteiger partial charge in [0.25, 0.3) is 0 Å². The number of Topliss-reactive ketones (excluding diaryl/α,β-unsaturated/α-hetero) is 1. The molecule has 1 aliphatic carbocycles. The van der Waals surface area contributed by atoms with Gasteiger partial charge in [-0.2, -0.15) is 0 Å². The monoisotopic (exact) mass is 245 g/mol. The van der Waals surface area contributed by atoms with E-state index in [1.165, 1.54) is 7.11 Å². The van der Waals surface area contributed by atoms with Gasteiger partial charge in [0.15, 0.2) is 5.78 Å². The summed E-state index contributed by atoms with van der Waals surface area (Å²) >= 11 is 0. The van der Waals surface area contributed by atoms with Crippen molar-refractivity contribution in [2.45, 2.75) is 25.7 Å². The lowest BCUT2D eigenvalue weighted by Gasteiger charge is -2.18. The molecule has 0 aliphatic heterocycles. The van der Waals surface area contributed by atoms with Crippen LogP contribution >= 0.6 is 0 Å². The molecule has 4 nitrogen and oxygen atoms in total. The van der Waals surface area contributed by atoms with Crippen LogP contribution in [0.25, 0.3) is 5.57 Å². The van der Waals surface area contributed by atoms with Crippen LogP contribution in [0.1, 0.15) is 31.4 Å². The lowest BCUT2D eigenvalue weighted by Crippen LogP contribution is -2.14. The number of esters is 1. The fourth-order valence-electron chi connectivity index (χ4n) is 2.17. The van der Waals surface area contributed by atoms with Crippen LogP contribution in [-0.2, 0) is 14.3 Å². The molecule has 0 radical (unpaired) electrons. The van der Waals surface area contributed by atoms with Gasteiger partial charge in [0.05, 0.1) is 19.2 Å². The number of allylic oxidation sites excluding steroid dienone is 1. The number of hydrogen-bond acceptors (Lipinski definition) is 4. The van der Waals surface area contributed by atoms with E-state index < -0.39 is 0 Å². The van der Waals surface area contributed by atoms with Gasteiger partial charge in [-0.3, -0.25) is 14.6 Å². The smallest absolute Gasteiger partial charge is 0.309 e. The maximum Gasteiger partial charge on any atom is 0.309 e. The summed E-state index contributed by atoms with van der Waals surface area (Å²) in [5.41, 5.74) is 2.10. The molecule has 0 amide bonds. The van der Waals surface area contributed by atoms with Gasteiger partial charge >= 0.3 is 5.97 Å². The number of pyridine rings is 1. The minimum atomic E-state index is -0.312. The second-order valence-corrected chi connectivity index (χ2v) is 4.22. The Kier molecular flexibility index (Phi) is 3.87. The van der Waals surface area contributed by atoms with Crippen LogP contribution in [0.3, 0.4) is 0 Å². The normalized spacial score (nSPS) is 15.7. The molecule has 1 aliphatic rings. The second kappa shape index (κ2) is 5.58. The van der Waals surface area contributed by atoms with E-state index in [9.17, 15) is 9.59 Å². The van der Waals surface area contributed by atoms with Gasteiger partial charge in [0, 0.05) is 18.2 Å². The molecule has 0 unspecified atom stereocenters. The summed E-state index contributed by atoms with van der Waals surface area (Å²) in [4.78, 5) is 27.6. The molecule has 0 fully saturated rings. The standard InChI is InChI=1S/C14H15NO3/c1-18-13(17)9-10-5-4-7-12(16)14(10)11-6-2-3-8-15-11/h2-3,6,8H,4-5,7,9H2,1H3. The highest BCUT2D eigenvalue weighted by Crippen LogP contribution is 2.30. The van der Waals surface area contributed by atoms with Crippen LogP contribution < -0.4 is 0 Å². The topological polar surface area (TPSA) is 56.3 Å². The van der Waals surface area contributed by atoms with E-state index in [4.69, 9.17) is 0 Å². The Morgan fingerprint density at radius 3 is 2.89 bits per heavy atom. The minimum absolute atomic E-state index is 0.0684. The largest absolute Gasteiger partial charge is 0.469 e. The first kappa shape index (κ1) is 12.5. The molecule has 1 aromatic rings. The van der Waals surface area contributed by atoms with Gasteiger partial charge in [-0.1, -0.05) is 6.07 Å². The third-order valence-corrected chi connectivity index (χ3v) is 3.02. The second-order valence-electron chi connectivity index (χ2n) is 4.22. The molecule has 0 aromatic carbocycles. The molecule has 0 bridgehead atoms. The maximum atomic E-state index is 12.0. The van der Waals surface area contributed by atoms with Crippen molar-refractivity contribution in [3.05, 3.63) is 35.7 Å². The lowest BCUT2D eigenvalue weighted by atomic mass is 9.87. The van der Waals surface area contributed by atoms with Gasteiger partial charge in [-0.25, -0.2) is 0 Å². The molecule has 1 heterocycles. The highest BCUT2D eigenvalue weighted by molar-refractivity contribution is 6.22. The van der Waals surface area contributed by atoms with Gasteiger partial charge in [0.1, 0.15) is 0 Å². The SMILES string of the molecule is COC(=O)CC1=C(c2ccccn2)C(=O)CCC1. The molecule has 4 heteroatoms. The molecule has 18 heavy (non-hydrogen) atoms. The van der Waals surface area contributed by atoms with Crippen molar-refractivity contribution in [1.29, 1.82) is 0 Å². The van der Waals surface area contributed by atoms with Gasteiger partial charge < -0.3 is 4.74 Å². The zero-order chi connectivity index (χ0) is 13.0. The van der Waals surface area contributed by atoms with Crippen LogP contribution in [0.15, 0.2) is 30.0 Å². The molecular formula is C14H15NO3. The van der Waals surface area contributed by atoms with Crippen molar-refractivity contribution in [2.75, 3.05) is 7.11 Å². The van der Waals surface area contributed by atoms with E-state index in [-0.39, 0.29) is 18.2 Å². The first-order valence-corrected chi connectivity index (χ1v) is 5.96. The number of methoxy groups -OCH3 is 1. The molecule has 0 saturated carbocycles. The fourth-order valence-corrected chi connectivity index (χ4v) is 2.17. The Labute approximate surface area is 106 Å².